The van der Waals surface area contributed by atoms with Gasteiger partial charge in [-0.3, -0.25) is 0 Å². The van der Waals surface area contributed by atoms with Crippen LogP contribution in [0, 0.1) is 0 Å². The van der Waals surface area contributed by atoms with Crippen LogP contribution in [0.1, 0.15) is 34.4 Å². The van der Waals surface area contributed by atoms with Gasteiger partial charge in [-0.05, 0) is 12.1 Å². The highest BCUT2D eigenvalue weighted by Crippen LogP contribution is 2.19. The average molecular weight is 179 g/mol. The van der Waals surface area contributed by atoms with Crippen molar-refractivity contribution in [2.24, 2.45) is 0 Å². The Balaban J connectivity index is 0.000000461. The molecule has 0 unspecified atom stereocenters. The third kappa shape index (κ3) is 1.72. The molecule has 13 heavy (non-hydrogen) atoms. The predicted molar refractivity (Wildman–Crippen MR) is 54.8 cm³/mol. The van der Waals surface area contributed by atoms with Crippen LogP contribution in [0.2, 0.25) is 0 Å². The fraction of sp³-hybridized carbons (Fsp3) is 0.364. The molecule has 0 N–H and O–H groups in total. The van der Waals surface area contributed by atoms with Gasteiger partial charge < -0.3 is 4.42 Å². The minimum absolute atomic E-state index is 0.359. The molecule has 1 aromatic heterocycles. The quantitative estimate of drug-likeness (QED) is 0.668. The van der Waals surface area contributed by atoms with E-state index in [1.165, 1.54) is 7.40 Å². The maximum absolute atomic E-state index is 5.75. The van der Waals surface area contributed by atoms with Gasteiger partial charge in [0.05, 0.1) is 0 Å². The monoisotopic (exact) mass is 179 g/mol. The highest BCUT2D eigenvalue weighted by molar-refractivity contribution is 5.72. The molecule has 1 heterocycles. The fourth-order valence-electron chi connectivity index (χ4n) is 1.14. The highest BCUT2D eigenvalue weighted by atomic mass is 16.3. The zero-order valence-electron chi connectivity index (χ0n) is 9.24. The smallest absolute Gasteiger partial charge is 0.198 e. The number of hydrogen-bond donors (Lipinski definition) is 0. The van der Waals surface area contributed by atoms with E-state index in [2.05, 4.69) is 18.8 Å². The highest BCUT2D eigenvalue weighted by Gasteiger charge is 2.07. The Labute approximate surface area is 80.0 Å². The Kier molecular flexibility index (Phi) is 2.30. The number of oxazole rings is 1. The molecule has 0 spiro atoms. The lowest BCUT2D eigenvalue weighted by Crippen LogP contribution is -1.84. The van der Waals surface area contributed by atoms with Gasteiger partial charge >= 0.3 is 0 Å². The van der Waals surface area contributed by atoms with Crippen LogP contribution < -0.4 is 0 Å². The Hall–Kier alpha value is -1.31. The summed E-state index contributed by atoms with van der Waals surface area (Å²) in [6.45, 7) is 4.15. The van der Waals surface area contributed by atoms with Crippen LogP contribution in [0.25, 0.3) is 11.1 Å². The summed E-state index contributed by atoms with van der Waals surface area (Å²) in [5.74, 6) is 1.17. The fourth-order valence-corrected chi connectivity index (χ4v) is 1.14. The minimum Gasteiger partial charge on any atom is -0.440 e. The molecule has 2 nitrogen and oxygen atoms in total. The summed E-state index contributed by atoms with van der Waals surface area (Å²) in [5.41, 5.74) is 1.82. The summed E-state index contributed by atoms with van der Waals surface area (Å²) in [4.78, 5) is 4.35. The summed E-state index contributed by atoms with van der Waals surface area (Å²) in [5, 5.41) is 0. The third-order valence-electron chi connectivity index (χ3n) is 1.80. The molecule has 0 bridgehead atoms. The number of aromatic nitrogens is 1. The SMILES string of the molecule is CC(C)c1nc2ccccc2o1.[3H]C. The molecular formula is C11H15NO. The van der Waals surface area contributed by atoms with Crippen molar-refractivity contribution in [1.29, 1.82) is 0 Å². The van der Waals surface area contributed by atoms with Crippen LogP contribution >= 0.6 is 0 Å². The first-order chi connectivity index (χ1) is 6.77. The van der Waals surface area contributed by atoms with Crippen molar-refractivity contribution in [3.05, 3.63) is 30.2 Å². The molecule has 0 fully saturated rings. The van der Waals surface area contributed by atoms with Crippen molar-refractivity contribution < 1.29 is 5.79 Å². The largest absolute Gasteiger partial charge is 0.440 e. The van der Waals surface area contributed by atoms with Gasteiger partial charge in [0, 0.05) is 7.29 Å². The van der Waals surface area contributed by atoms with Gasteiger partial charge in [-0.1, -0.05) is 33.4 Å². The average Bonchev–Trinajstić information content (AvgIpc) is 2.64. The van der Waals surface area contributed by atoms with Crippen LogP contribution in [0.5, 0.6) is 0 Å². The van der Waals surface area contributed by atoms with Crippen LogP contribution in [-0.2, 0) is 0 Å². The van der Waals surface area contributed by atoms with Gasteiger partial charge in [0.15, 0.2) is 11.5 Å². The van der Waals surface area contributed by atoms with Crippen molar-refractivity contribution in [3.8, 4) is 0 Å². The van der Waals surface area contributed by atoms with Crippen molar-refractivity contribution in [2.45, 2.75) is 27.2 Å². The van der Waals surface area contributed by atoms with Crippen LogP contribution in [0.4, 0.5) is 0 Å². The van der Waals surface area contributed by atoms with E-state index in [1.54, 1.807) is 0 Å². The summed E-state index contributed by atoms with van der Waals surface area (Å²) in [6.07, 6.45) is 0. The second kappa shape index (κ2) is 3.60. The van der Waals surface area contributed by atoms with Gasteiger partial charge in [0.25, 0.3) is 0 Å². The van der Waals surface area contributed by atoms with E-state index in [1.807, 2.05) is 24.3 Å². The lowest BCUT2D eigenvalue weighted by atomic mass is 10.2. The molecule has 70 valence electrons. The third-order valence-corrected chi connectivity index (χ3v) is 1.80. The van der Waals surface area contributed by atoms with Gasteiger partial charge in [-0.25, -0.2) is 4.98 Å². The van der Waals surface area contributed by atoms with E-state index in [-0.39, 0.29) is 0 Å². The Morgan fingerprint density at radius 2 is 2.08 bits per heavy atom. The number of hydrogen-bond acceptors (Lipinski definition) is 2. The lowest BCUT2D eigenvalue weighted by Gasteiger charge is -1.93. The van der Waals surface area contributed by atoms with Crippen molar-refractivity contribution in [1.82, 2.24) is 4.98 Å². The van der Waals surface area contributed by atoms with E-state index in [0.29, 0.717) is 5.92 Å². The summed E-state index contributed by atoms with van der Waals surface area (Å²) >= 11 is 0. The Bertz CT molecular complexity index is 362. The molecule has 0 aliphatic heterocycles. The summed E-state index contributed by atoms with van der Waals surface area (Å²) in [7, 11) is 1.25. The second-order valence-electron chi connectivity index (χ2n) is 3.17. The predicted octanol–water partition coefficient (Wildman–Crippen LogP) is 3.59. The summed E-state index contributed by atoms with van der Waals surface area (Å²) in [6, 6.07) is 7.82. The topological polar surface area (TPSA) is 26.0 Å². The molecule has 2 rings (SSSR count). The summed E-state index contributed by atoms with van der Waals surface area (Å²) < 4.78 is 11.3. The number of nitrogens with zero attached hydrogens (tertiary/aromatic N) is 1. The van der Waals surface area contributed by atoms with Gasteiger partial charge in [-0.15, -0.1) is 0 Å². The van der Waals surface area contributed by atoms with Crippen molar-refractivity contribution in [2.75, 3.05) is 0 Å². The zero-order valence-corrected chi connectivity index (χ0v) is 8.24. The second-order valence-corrected chi connectivity index (χ2v) is 3.17. The van der Waals surface area contributed by atoms with Gasteiger partial charge in [0.1, 0.15) is 5.52 Å². The first-order valence-corrected chi connectivity index (χ1v) is 4.13. The van der Waals surface area contributed by atoms with E-state index >= 15 is 0 Å². The van der Waals surface area contributed by atoms with Gasteiger partial charge in [-0.2, -0.15) is 0 Å². The lowest BCUT2D eigenvalue weighted by molar-refractivity contribution is 0.501. The molecule has 0 saturated heterocycles. The van der Waals surface area contributed by atoms with Crippen molar-refractivity contribution in [3.63, 3.8) is 0 Å². The maximum atomic E-state index is 5.75. The van der Waals surface area contributed by atoms with Crippen LogP contribution in [-0.4, -0.2) is 4.98 Å². The number of benzene rings is 1. The normalized spacial score (nSPS) is 10.9. The van der Waals surface area contributed by atoms with E-state index in [4.69, 9.17) is 5.79 Å². The van der Waals surface area contributed by atoms with E-state index in [0.717, 1.165) is 17.0 Å². The molecule has 0 aliphatic carbocycles. The molecule has 2 heteroatoms. The molecular weight excluding hydrogens is 162 g/mol. The van der Waals surface area contributed by atoms with Crippen molar-refractivity contribution >= 4 is 11.1 Å². The molecule has 0 radical (unpaired) electrons. The van der Waals surface area contributed by atoms with E-state index in [9.17, 15) is 0 Å². The van der Waals surface area contributed by atoms with Crippen LogP contribution in [0.15, 0.2) is 28.7 Å². The molecule has 2 aromatic rings. The first kappa shape index (κ1) is 8.30. The maximum Gasteiger partial charge on any atom is 0.198 e. The standard InChI is InChI=1S/C10H11NO.CH4/c1-7(2)10-11-8-5-3-4-6-9(8)12-10;/h3-7H,1-2H3;1H4/i;1T. The molecule has 0 amide bonds. The Morgan fingerprint density at radius 3 is 2.69 bits per heavy atom. The number of para-hydroxylation sites is 2. The Morgan fingerprint density at radius 1 is 1.38 bits per heavy atom. The molecule has 0 aliphatic rings. The van der Waals surface area contributed by atoms with Crippen LogP contribution in [0.3, 0.4) is 0 Å². The molecule has 1 aromatic carbocycles. The van der Waals surface area contributed by atoms with Gasteiger partial charge in [0.2, 0.25) is 0 Å². The first-order valence-electron chi connectivity index (χ1n) is 5.13. The number of fused-ring (bicyclic) bond motifs is 1. The molecule has 0 saturated carbocycles. The molecule has 0 atom stereocenters. The number of rotatable bonds is 1. The van der Waals surface area contributed by atoms with E-state index < -0.39 is 0 Å². The zero-order chi connectivity index (χ0) is 10.6. The minimum atomic E-state index is 0.359.